The van der Waals surface area contributed by atoms with Gasteiger partial charge in [0.15, 0.2) is 0 Å². The van der Waals surface area contributed by atoms with Crippen LogP contribution in [0.4, 0.5) is 10.5 Å². The van der Waals surface area contributed by atoms with Crippen molar-refractivity contribution < 1.29 is 9.53 Å². The fourth-order valence-corrected chi connectivity index (χ4v) is 2.44. The first-order valence-electron chi connectivity index (χ1n) is 7.44. The molecule has 1 heterocycles. The van der Waals surface area contributed by atoms with E-state index in [9.17, 15) is 4.79 Å². The highest BCUT2D eigenvalue weighted by Crippen LogP contribution is 2.24. The van der Waals surface area contributed by atoms with Gasteiger partial charge in [-0.15, -0.1) is 11.8 Å². The number of pyridine rings is 1. The molecular weight excluding hydrogens is 310 g/mol. The van der Waals surface area contributed by atoms with E-state index in [4.69, 9.17) is 4.74 Å². The van der Waals surface area contributed by atoms with Gasteiger partial charge in [0.2, 0.25) is 5.88 Å². The average molecular weight is 331 g/mol. The van der Waals surface area contributed by atoms with Gasteiger partial charge in [-0.05, 0) is 42.5 Å². The van der Waals surface area contributed by atoms with E-state index in [1.165, 1.54) is 4.90 Å². The van der Waals surface area contributed by atoms with Crippen LogP contribution in [0, 0.1) is 0 Å². The Labute approximate surface area is 141 Å². The van der Waals surface area contributed by atoms with Gasteiger partial charge in [-0.25, -0.2) is 9.78 Å². The number of hydrogen-bond donors (Lipinski definition) is 1. The number of ether oxygens (including phenoxy) is 1. The number of carbonyl (C=O) groups is 1. The summed E-state index contributed by atoms with van der Waals surface area (Å²) < 4.78 is 5.76. The molecule has 0 bridgehead atoms. The van der Waals surface area contributed by atoms with Gasteiger partial charge in [-0.3, -0.25) is 0 Å². The molecule has 0 aliphatic rings. The molecule has 1 N–H and O–H groups in total. The normalized spacial score (nSPS) is 10.2. The molecule has 2 aromatic rings. The highest BCUT2D eigenvalue weighted by molar-refractivity contribution is 7.99. The molecular formula is C17H21N3O2S. The van der Waals surface area contributed by atoms with Gasteiger partial charge in [0, 0.05) is 25.8 Å². The molecule has 122 valence electrons. The summed E-state index contributed by atoms with van der Waals surface area (Å²) in [6, 6.07) is 12.8. The van der Waals surface area contributed by atoms with Gasteiger partial charge in [-0.2, -0.15) is 0 Å². The number of nitrogens with one attached hydrogen (secondary N) is 1. The maximum Gasteiger partial charge on any atom is 0.321 e. The summed E-state index contributed by atoms with van der Waals surface area (Å²) in [5.41, 5.74) is 0.719. The molecule has 0 radical (unpaired) electrons. The van der Waals surface area contributed by atoms with E-state index < -0.39 is 0 Å². The zero-order chi connectivity index (χ0) is 16.7. The van der Waals surface area contributed by atoms with Crippen LogP contribution in [0.5, 0.6) is 11.6 Å². The number of thioether (sulfide) groups is 1. The molecule has 0 fully saturated rings. The van der Waals surface area contributed by atoms with Crippen LogP contribution in [0.1, 0.15) is 13.3 Å². The van der Waals surface area contributed by atoms with Gasteiger partial charge in [0.05, 0.1) is 0 Å². The lowest BCUT2D eigenvalue weighted by Gasteiger charge is -2.12. The van der Waals surface area contributed by atoms with E-state index in [0.29, 0.717) is 11.6 Å². The average Bonchev–Trinajstić information content (AvgIpc) is 2.55. The largest absolute Gasteiger partial charge is 0.439 e. The number of nitrogens with zero attached hydrogens (tertiary/aromatic N) is 2. The van der Waals surface area contributed by atoms with Crippen molar-refractivity contribution in [3.8, 4) is 11.6 Å². The fourth-order valence-electron chi connectivity index (χ4n) is 1.70. The third kappa shape index (κ3) is 5.49. The number of carbonyl (C=O) groups excluding carboxylic acids is 1. The second kappa shape index (κ2) is 8.43. The number of rotatable bonds is 6. The minimum atomic E-state index is -0.166. The van der Waals surface area contributed by atoms with Crippen molar-refractivity contribution in [2.75, 3.05) is 25.2 Å². The van der Waals surface area contributed by atoms with Crippen molar-refractivity contribution in [2.45, 2.75) is 18.4 Å². The number of amides is 2. The Hall–Kier alpha value is -2.21. The van der Waals surface area contributed by atoms with Crippen molar-refractivity contribution >= 4 is 23.5 Å². The Balaban J connectivity index is 1.99. The van der Waals surface area contributed by atoms with E-state index in [2.05, 4.69) is 17.2 Å². The maximum absolute atomic E-state index is 11.6. The van der Waals surface area contributed by atoms with Crippen LogP contribution in [-0.2, 0) is 0 Å². The van der Waals surface area contributed by atoms with Gasteiger partial charge < -0.3 is 15.0 Å². The van der Waals surface area contributed by atoms with Crippen LogP contribution in [0.2, 0.25) is 0 Å². The van der Waals surface area contributed by atoms with E-state index in [1.807, 2.05) is 18.2 Å². The zero-order valence-corrected chi connectivity index (χ0v) is 14.4. The molecule has 1 aromatic heterocycles. The SMILES string of the molecule is CCCSc1cccc(Oc2ccc(NC(=O)N(C)C)cc2)n1. The molecule has 0 aliphatic carbocycles. The quantitative estimate of drug-likeness (QED) is 0.794. The minimum absolute atomic E-state index is 0.166. The number of anilines is 1. The van der Waals surface area contributed by atoms with Crippen LogP contribution >= 0.6 is 11.8 Å². The van der Waals surface area contributed by atoms with Gasteiger partial charge in [-0.1, -0.05) is 13.0 Å². The molecule has 5 nitrogen and oxygen atoms in total. The third-order valence-corrected chi connectivity index (χ3v) is 4.02. The molecule has 0 saturated carbocycles. The van der Waals surface area contributed by atoms with E-state index in [-0.39, 0.29) is 6.03 Å². The predicted molar refractivity (Wildman–Crippen MR) is 94.5 cm³/mol. The van der Waals surface area contributed by atoms with Crippen molar-refractivity contribution in [3.63, 3.8) is 0 Å². The Morgan fingerprint density at radius 1 is 1.22 bits per heavy atom. The highest BCUT2D eigenvalue weighted by Gasteiger charge is 2.05. The Morgan fingerprint density at radius 3 is 2.61 bits per heavy atom. The predicted octanol–water partition coefficient (Wildman–Crippen LogP) is 4.47. The standard InChI is InChI=1S/C17H21N3O2S/c1-4-12-23-16-7-5-6-15(19-16)22-14-10-8-13(9-11-14)18-17(21)20(2)3/h5-11H,4,12H2,1-3H3,(H,18,21). The van der Waals surface area contributed by atoms with Crippen LogP contribution in [-0.4, -0.2) is 35.8 Å². The molecule has 0 saturated heterocycles. The van der Waals surface area contributed by atoms with Crippen molar-refractivity contribution in [3.05, 3.63) is 42.5 Å². The second-order valence-corrected chi connectivity index (χ2v) is 6.23. The number of urea groups is 1. The molecule has 0 atom stereocenters. The number of hydrogen-bond acceptors (Lipinski definition) is 4. The maximum atomic E-state index is 11.6. The molecule has 1 aromatic carbocycles. The summed E-state index contributed by atoms with van der Waals surface area (Å²) in [5, 5.41) is 3.73. The summed E-state index contributed by atoms with van der Waals surface area (Å²) >= 11 is 1.71. The lowest BCUT2D eigenvalue weighted by Crippen LogP contribution is -2.27. The van der Waals surface area contributed by atoms with Crippen molar-refractivity contribution in [2.24, 2.45) is 0 Å². The molecule has 0 spiro atoms. The monoisotopic (exact) mass is 331 g/mol. The lowest BCUT2D eigenvalue weighted by molar-refractivity contribution is 0.230. The van der Waals surface area contributed by atoms with Gasteiger partial charge >= 0.3 is 6.03 Å². The molecule has 6 heteroatoms. The number of benzene rings is 1. The van der Waals surface area contributed by atoms with Crippen molar-refractivity contribution in [1.29, 1.82) is 0 Å². The Kier molecular flexibility index (Phi) is 6.29. The van der Waals surface area contributed by atoms with E-state index >= 15 is 0 Å². The van der Waals surface area contributed by atoms with Crippen LogP contribution in [0.15, 0.2) is 47.5 Å². The van der Waals surface area contributed by atoms with Crippen molar-refractivity contribution in [1.82, 2.24) is 9.88 Å². The fraction of sp³-hybridized carbons (Fsp3) is 0.294. The molecule has 2 amide bonds. The summed E-state index contributed by atoms with van der Waals surface area (Å²) in [5.74, 6) is 2.28. The van der Waals surface area contributed by atoms with E-state index in [1.54, 1.807) is 50.1 Å². The number of aromatic nitrogens is 1. The lowest BCUT2D eigenvalue weighted by atomic mass is 10.3. The first-order chi connectivity index (χ1) is 11.1. The molecule has 2 rings (SSSR count). The molecule has 0 unspecified atom stereocenters. The molecule has 0 aliphatic heterocycles. The minimum Gasteiger partial charge on any atom is -0.439 e. The Bertz CT molecular complexity index is 645. The van der Waals surface area contributed by atoms with Gasteiger partial charge in [0.1, 0.15) is 10.8 Å². The second-order valence-electron chi connectivity index (χ2n) is 5.11. The third-order valence-electron chi connectivity index (χ3n) is 2.89. The highest BCUT2D eigenvalue weighted by atomic mass is 32.2. The Morgan fingerprint density at radius 2 is 1.96 bits per heavy atom. The van der Waals surface area contributed by atoms with E-state index in [0.717, 1.165) is 22.9 Å². The molecule has 23 heavy (non-hydrogen) atoms. The first kappa shape index (κ1) is 17.1. The van der Waals surface area contributed by atoms with Crippen LogP contribution in [0.3, 0.4) is 0 Å². The summed E-state index contributed by atoms with van der Waals surface area (Å²) in [6.07, 6.45) is 1.11. The topological polar surface area (TPSA) is 54.5 Å². The van der Waals surface area contributed by atoms with Gasteiger partial charge in [0.25, 0.3) is 0 Å². The summed E-state index contributed by atoms with van der Waals surface area (Å²) in [7, 11) is 3.39. The van der Waals surface area contributed by atoms with Crippen LogP contribution < -0.4 is 10.1 Å². The van der Waals surface area contributed by atoms with Crippen LogP contribution in [0.25, 0.3) is 0 Å². The smallest absolute Gasteiger partial charge is 0.321 e. The zero-order valence-electron chi connectivity index (χ0n) is 13.6. The summed E-state index contributed by atoms with van der Waals surface area (Å²) in [4.78, 5) is 17.5. The first-order valence-corrected chi connectivity index (χ1v) is 8.43. The summed E-state index contributed by atoms with van der Waals surface area (Å²) in [6.45, 7) is 2.14.